The van der Waals surface area contributed by atoms with Crippen molar-refractivity contribution in [3.8, 4) is 0 Å². The quantitative estimate of drug-likeness (QED) is 0.217. The van der Waals surface area contributed by atoms with E-state index in [2.05, 4.69) is 12.1 Å². The second kappa shape index (κ2) is 10.8. The van der Waals surface area contributed by atoms with Gasteiger partial charge in [0.2, 0.25) is 0 Å². The molecule has 1 fully saturated rings. The third-order valence-electron chi connectivity index (χ3n) is 7.20. The van der Waals surface area contributed by atoms with Gasteiger partial charge in [0, 0.05) is 17.6 Å². The first-order valence-corrected chi connectivity index (χ1v) is 14.3. The number of aromatic nitrogens is 2. The van der Waals surface area contributed by atoms with Crippen LogP contribution in [-0.2, 0) is 24.1 Å². The highest BCUT2D eigenvalue weighted by Gasteiger charge is 2.23. The number of hydrogen-bond donors (Lipinski definition) is 0. The van der Waals surface area contributed by atoms with Crippen LogP contribution in [0.4, 0.5) is 0 Å². The van der Waals surface area contributed by atoms with Gasteiger partial charge in [-0.25, -0.2) is 4.98 Å². The van der Waals surface area contributed by atoms with Gasteiger partial charge < -0.3 is 4.74 Å². The molecule has 0 atom stereocenters. The Morgan fingerprint density at radius 3 is 2.65 bits per heavy atom. The Bertz CT molecular complexity index is 1220. The van der Waals surface area contributed by atoms with E-state index in [-0.39, 0.29) is 17.1 Å². The summed E-state index contributed by atoms with van der Waals surface area (Å²) in [7, 11) is 1.64. The number of carbonyl (C=O) groups is 1. The van der Waals surface area contributed by atoms with Crippen molar-refractivity contribution in [1.29, 1.82) is 0 Å². The first kappa shape index (κ1) is 23.8. The molecule has 0 bridgehead atoms. The number of benzene rings is 1. The third-order valence-corrected chi connectivity index (χ3v) is 9.36. The summed E-state index contributed by atoms with van der Waals surface area (Å²) in [6.07, 6.45) is 10.7. The molecule has 2 aliphatic carbocycles. The zero-order chi connectivity index (χ0) is 23.5. The molecule has 5 rings (SSSR count). The van der Waals surface area contributed by atoms with Crippen LogP contribution in [0, 0.1) is 0 Å². The van der Waals surface area contributed by atoms with Crippen molar-refractivity contribution in [3.63, 3.8) is 0 Å². The fourth-order valence-electron chi connectivity index (χ4n) is 5.30. The molecule has 0 aliphatic heterocycles. The Balaban J connectivity index is 1.36. The maximum Gasteiger partial charge on any atom is 0.263 e. The summed E-state index contributed by atoms with van der Waals surface area (Å²) in [5.74, 6) is 0.965. The lowest BCUT2D eigenvalue weighted by Gasteiger charge is -2.22. The van der Waals surface area contributed by atoms with Crippen molar-refractivity contribution in [2.45, 2.75) is 75.4 Å². The smallest absolute Gasteiger partial charge is 0.263 e. The lowest BCUT2D eigenvalue weighted by atomic mass is 9.84. The Morgan fingerprint density at radius 1 is 1.12 bits per heavy atom. The highest BCUT2D eigenvalue weighted by molar-refractivity contribution is 7.99. The summed E-state index contributed by atoms with van der Waals surface area (Å²) in [5, 5.41) is 1.39. The van der Waals surface area contributed by atoms with E-state index < -0.39 is 0 Å². The van der Waals surface area contributed by atoms with E-state index >= 15 is 0 Å². The summed E-state index contributed by atoms with van der Waals surface area (Å²) >= 11 is 3.01. The van der Waals surface area contributed by atoms with Crippen molar-refractivity contribution in [3.05, 3.63) is 56.2 Å². The first-order valence-electron chi connectivity index (χ1n) is 12.5. The minimum absolute atomic E-state index is 0.00762. The number of fused-ring (bicyclic) bond motifs is 3. The Hall–Kier alpha value is -1.96. The fourth-order valence-corrected chi connectivity index (χ4v) is 7.52. The van der Waals surface area contributed by atoms with Crippen LogP contribution in [0.15, 0.2) is 34.2 Å². The second-order valence-corrected chi connectivity index (χ2v) is 11.4. The predicted octanol–water partition coefficient (Wildman–Crippen LogP) is 6.01. The molecule has 0 amide bonds. The number of rotatable bonds is 8. The lowest BCUT2D eigenvalue weighted by Crippen LogP contribution is -2.26. The predicted molar refractivity (Wildman–Crippen MR) is 140 cm³/mol. The minimum Gasteiger partial charge on any atom is -0.383 e. The number of ether oxygens (including phenoxy) is 1. The van der Waals surface area contributed by atoms with E-state index in [0.29, 0.717) is 24.2 Å². The zero-order valence-corrected chi connectivity index (χ0v) is 21.4. The molecule has 5 nitrogen and oxygen atoms in total. The SMILES string of the molecule is COCCn1c(SCC(=O)c2ccc(C3CCCCC3)cc2)nc2sc3c(c2c1=O)CCCC3. The van der Waals surface area contributed by atoms with Crippen LogP contribution in [-0.4, -0.2) is 34.8 Å². The molecule has 2 aliphatic rings. The molecule has 0 N–H and O–H groups in total. The number of carbonyl (C=O) groups excluding carboxylic acids is 1. The van der Waals surface area contributed by atoms with Gasteiger partial charge in [0.25, 0.3) is 5.56 Å². The van der Waals surface area contributed by atoms with Gasteiger partial charge >= 0.3 is 0 Å². The molecule has 2 aromatic heterocycles. The topological polar surface area (TPSA) is 61.2 Å². The van der Waals surface area contributed by atoms with Crippen molar-refractivity contribution < 1.29 is 9.53 Å². The fraction of sp³-hybridized carbons (Fsp3) is 0.519. The average Bonchev–Trinajstić information content (AvgIpc) is 3.26. The number of hydrogen-bond acceptors (Lipinski definition) is 6. The lowest BCUT2D eigenvalue weighted by molar-refractivity contribution is 0.102. The number of Topliss-reactive ketones (excluding diaryl/α,β-unsaturated/α-hetero) is 1. The number of ketones is 1. The normalized spacial score (nSPS) is 16.6. The van der Waals surface area contributed by atoms with Crippen LogP contribution in [0.3, 0.4) is 0 Å². The van der Waals surface area contributed by atoms with Crippen molar-refractivity contribution in [2.24, 2.45) is 0 Å². The number of nitrogens with zero attached hydrogens (tertiary/aromatic N) is 2. The molecule has 0 saturated heterocycles. The Kier molecular flexibility index (Phi) is 7.52. The first-order chi connectivity index (χ1) is 16.7. The molecule has 7 heteroatoms. The number of thiophene rings is 1. The summed E-state index contributed by atoms with van der Waals surface area (Å²) < 4.78 is 6.96. The summed E-state index contributed by atoms with van der Waals surface area (Å²) in [5.41, 5.74) is 3.28. The van der Waals surface area contributed by atoms with Crippen LogP contribution in [0.25, 0.3) is 10.2 Å². The van der Waals surface area contributed by atoms with Crippen LogP contribution in [0.2, 0.25) is 0 Å². The third kappa shape index (κ3) is 4.88. The molecule has 0 radical (unpaired) electrons. The van der Waals surface area contributed by atoms with E-state index in [1.54, 1.807) is 23.0 Å². The van der Waals surface area contributed by atoms with Crippen molar-refractivity contribution in [2.75, 3.05) is 19.5 Å². The summed E-state index contributed by atoms with van der Waals surface area (Å²) in [6.45, 7) is 0.874. The molecule has 3 aromatic rings. The van der Waals surface area contributed by atoms with Gasteiger partial charge in [-0.05, 0) is 55.6 Å². The van der Waals surface area contributed by atoms with Crippen molar-refractivity contribution in [1.82, 2.24) is 9.55 Å². The van der Waals surface area contributed by atoms with Crippen molar-refractivity contribution >= 4 is 39.1 Å². The van der Waals surface area contributed by atoms with Gasteiger partial charge in [0.15, 0.2) is 10.9 Å². The van der Waals surface area contributed by atoms with Crippen LogP contribution in [0.5, 0.6) is 0 Å². The standard InChI is InChI=1S/C27H32N2O3S2/c1-32-16-15-29-26(31)24-21-9-5-6-10-23(21)34-25(24)28-27(29)33-17-22(30)20-13-11-19(12-14-20)18-7-3-2-4-8-18/h11-14,18H,2-10,15-17H2,1H3. The van der Waals surface area contributed by atoms with Gasteiger partial charge in [-0.15, -0.1) is 11.3 Å². The van der Waals surface area contributed by atoms with E-state index in [4.69, 9.17) is 9.72 Å². The van der Waals surface area contributed by atoms with Gasteiger partial charge in [-0.1, -0.05) is 55.3 Å². The van der Waals surface area contributed by atoms with Crippen LogP contribution < -0.4 is 5.56 Å². The minimum atomic E-state index is 0.00762. The Labute approximate surface area is 208 Å². The van der Waals surface area contributed by atoms with E-state index in [1.165, 1.54) is 66.3 Å². The number of aryl methyl sites for hydroxylation is 2. The monoisotopic (exact) mass is 496 g/mol. The number of thioether (sulfide) groups is 1. The van der Waals surface area contributed by atoms with Gasteiger partial charge in [0.05, 0.1) is 24.3 Å². The zero-order valence-electron chi connectivity index (χ0n) is 19.8. The molecular formula is C27H32N2O3S2. The molecule has 1 saturated carbocycles. The maximum absolute atomic E-state index is 13.5. The molecule has 1 aromatic carbocycles. The maximum atomic E-state index is 13.5. The molecule has 2 heterocycles. The van der Waals surface area contributed by atoms with E-state index in [0.717, 1.165) is 35.0 Å². The van der Waals surface area contributed by atoms with Gasteiger partial charge in [-0.3, -0.25) is 14.2 Å². The van der Waals surface area contributed by atoms with Gasteiger partial charge in [0.1, 0.15) is 4.83 Å². The average molecular weight is 497 g/mol. The summed E-state index contributed by atoms with van der Waals surface area (Å²) in [4.78, 5) is 33.4. The van der Waals surface area contributed by atoms with E-state index in [9.17, 15) is 9.59 Å². The van der Waals surface area contributed by atoms with Gasteiger partial charge in [-0.2, -0.15) is 0 Å². The molecule has 0 unspecified atom stereocenters. The second-order valence-electron chi connectivity index (χ2n) is 9.40. The molecule has 0 spiro atoms. The molecule has 180 valence electrons. The van der Waals surface area contributed by atoms with Crippen LogP contribution in [0.1, 0.15) is 77.2 Å². The largest absolute Gasteiger partial charge is 0.383 e. The Morgan fingerprint density at radius 2 is 1.88 bits per heavy atom. The highest BCUT2D eigenvalue weighted by atomic mass is 32.2. The molecule has 34 heavy (non-hydrogen) atoms. The van der Waals surface area contributed by atoms with Crippen LogP contribution >= 0.6 is 23.1 Å². The molecular weight excluding hydrogens is 464 g/mol. The summed E-state index contributed by atoms with van der Waals surface area (Å²) in [6, 6.07) is 8.19. The number of methoxy groups -OCH3 is 1. The highest BCUT2D eigenvalue weighted by Crippen LogP contribution is 2.35. The van der Waals surface area contributed by atoms with E-state index in [1.807, 2.05) is 12.1 Å².